The van der Waals surface area contributed by atoms with Crippen molar-refractivity contribution in [2.45, 2.75) is 32.3 Å². The molecular formula is C15H16O2. The second-order valence-corrected chi connectivity index (χ2v) is 4.18. The Morgan fingerprint density at radius 3 is 2.94 bits per heavy atom. The number of aryl methyl sites for hydroxylation is 1. The van der Waals surface area contributed by atoms with Gasteiger partial charge in [0.1, 0.15) is 11.3 Å². The van der Waals surface area contributed by atoms with Crippen molar-refractivity contribution < 1.29 is 9.52 Å². The molecule has 1 heterocycles. The van der Waals surface area contributed by atoms with Crippen molar-refractivity contribution in [2.24, 2.45) is 0 Å². The average molecular weight is 228 g/mol. The number of hydrogen-bond donors (Lipinski definition) is 1. The number of hydrogen-bond acceptors (Lipinski definition) is 2. The molecule has 2 aromatic rings. The predicted molar refractivity (Wildman–Crippen MR) is 68.6 cm³/mol. The summed E-state index contributed by atoms with van der Waals surface area (Å²) in [5.74, 6) is 3.38. The summed E-state index contributed by atoms with van der Waals surface area (Å²) in [6.07, 6.45) is 6.92. The normalized spacial score (nSPS) is 12.5. The van der Waals surface area contributed by atoms with E-state index < -0.39 is 6.10 Å². The highest BCUT2D eigenvalue weighted by atomic mass is 16.3. The molecule has 1 atom stereocenters. The van der Waals surface area contributed by atoms with E-state index >= 15 is 0 Å². The Labute approximate surface area is 101 Å². The van der Waals surface area contributed by atoms with Crippen LogP contribution in [0.15, 0.2) is 28.7 Å². The van der Waals surface area contributed by atoms with Gasteiger partial charge in [-0.05, 0) is 25.8 Å². The smallest absolute Gasteiger partial charge is 0.134 e. The molecule has 2 heteroatoms. The summed E-state index contributed by atoms with van der Waals surface area (Å²) in [6, 6.07) is 7.78. The van der Waals surface area contributed by atoms with E-state index in [0.717, 1.165) is 28.7 Å². The number of unbranched alkanes of at least 4 members (excludes halogenated alkanes) is 1. The Hall–Kier alpha value is -1.72. The van der Waals surface area contributed by atoms with Gasteiger partial charge in [-0.1, -0.05) is 18.2 Å². The van der Waals surface area contributed by atoms with Crippen molar-refractivity contribution >= 4 is 11.0 Å². The fourth-order valence-corrected chi connectivity index (χ4v) is 2.14. The highest BCUT2D eigenvalue weighted by Crippen LogP contribution is 2.32. The first-order valence-corrected chi connectivity index (χ1v) is 5.83. The summed E-state index contributed by atoms with van der Waals surface area (Å²) in [4.78, 5) is 0. The van der Waals surface area contributed by atoms with E-state index in [0.29, 0.717) is 12.8 Å². The summed E-state index contributed by atoms with van der Waals surface area (Å²) in [5.41, 5.74) is 1.73. The van der Waals surface area contributed by atoms with E-state index in [-0.39, 0.29) is 0 Å². The number of aliphatic hydroxyl groups excluding tert-OH is 1. The molecule has 0 fully saturated rings. The van der Waals surface area contributed by atoms with Crippen molar-refractivity contribution in [3.05, 3.63) is 35.6 Å². The summed E-state index contributed by atoms with van der Waals surface area (Å²) in [6.45, 7) is 1.89. The molecule has 88 valence electrons. The number of benzene rings is 1. The molecule has 0 saturated heterocycles. The molecule has 2 nitrogen and oxygen atoms in total. The van der Waals surface area contributed by atoms with Crippen LogP contribution in [-0.2, 0) is 0 Å². The Bertz CT molecular complexity index is 546. The molecule has 1 unspecified atom stereocenters. The largest absolute Gasteiger partial charge is 0.461 e. The van der Waals surface area contributed by atoms with Crippen molar-refractivity contribution in [3.8, 4) is 12.3 Å². The lowest BCUT2D eigenvalue weighted by molar-refractivity contribution is 0.164. The molecule has 17 heavy (non-hydrogen) atoms. The van der Waals surface area contributed by atoms with Crippen molar-refractivity contribution in [2.75, 3.05) is 0 Å². The molecule has 1 aromatic heterocycles. The van der Waals surface area contributed by atoms with Crippen molar-refractivity contribution in [1.82, 2.24) is 0 Å². The lowest BCUT2D eigenvalue weighted by Crippen LogP contribution is -1.98. The molecule has 0 spiro atoms. The van der Waals surface area contributed by atoms with E-state index in [1.165, 1.54) is 0 Å². The van der Waals surface area contributed by atoms with E-state index in [1.54, 1.807) is 0 Å². The zero-order valence-corrected chi connectivity index (χ0v) is 9.94. The molecule has 1 aromatic carbocycles. The van der Waals surface area contributed by atoms with Crippen molar-refractivity contribution in [3.63, 3.8) is 0 Å². The first-order chi connectivity index (χ1) is 8.24. The van der Waals surface area contributed by atoms with Gasteiger partial charge in [0, 0.05) is 17.4 Å². The third-order valence-corrected chi connectivity index (χ3v) is 2.95. The first-order valence-electron chi connectivity index (χ1n) is 5.83. The molecule has 0 radical (unpaired) electrons. The standard InChI is InChI=1S/C15H16O2/c1-3-4-5-9-13(16)15-11(2)17-14-10-7-6-8-12(14)15/h1,6-8,10,13,16H,4-5,9H2,2H3. The number of para-hydroxylation sites is 1. The first kappa shape index (κ1) is 11.8. The van der Waals surface area contributed by atoms with Gasteiger partial charge in [0.15, 0.2) is 0 Å². The van der Waals surface area contributed by atoms with Crippen LogP contribution >= 0.6 is 0 Å². The monoisotopic (exact) mass is 228 g/mol. The summed E-state index contributed by atoms with van der Waals surface area (Å²) in [5, 5.41) is 11.2. The predicted octanol–water partition coefficient (Wildman–Crippen LogP) is 3.58. The lowest BCUT2D eigenvalue weighted by atomic mass is 10.0. The fourth-order valence-electron chi connectivity index (χ4n) is 2.14. The molecule has 0 aliphatic carbocycles. The van der Waals surface area contributed by atoms with Gasteiger partial charge >= 0.3 is 0 Å². The summed E-state index contributed by atoms with van der Waals surface area (Å²) < 4.78 is 5.63. The van der Waals surface area contributed by atoms with Gasteiger partial charge in [-0.2, -0.15) is 0 Å². The SMILES string of the molecule is C#CCCCC(O)c1c(C)oc2ccccc12. The second kappa shape index (κ2) is 5.07. The Balaban J connectivity index is 2.28. The number of terminal acetylenes is 1. The topological polar surface area (TPSA) is 33.4 Å². The number of furan rings is 1. The maximum Gasteiger partial charge on any atom is 0.134 e. The average Bonchev–Trinajstić information content (AvgIpc) is 2.65. The van der Waals surface area contributed by atoms with Crippen LogP contribution in [0.3, 0.4) is 0 Å². The van der Waals surface area contributed by atoms with Gasteiger partial charge in [0.2, 0.25) is 0 Å². The minimum Gasteiger partial charge on any atom is -0.461 e. The molecule has 0 saturated carbocycles. The molecule has 2 rings (SSSR count). The van der Waals surface area contributed by atoms with Crippen LogP contribution in [0.5, 0.6) is 0 Å². The highest BCUT2D eigenvalue weighted by Gasteiger charge is 2.17. The van der Waals surface area contributed by atoms with Crippen LogP contribution < -0.4 is 0 Å². The molecule has 0 amide bonds. The van der Waals surface area contributed by atoms with Crippen LogP contribution in [-0.4, -0.2) is 5.11 Å². The van der Waals surface area contributed by atoms with Gasteiger partial charge in [0.25, 0.3) is 0 Å². The Morgan fingerprint density at radius 2 is 2.18 bits per heavy atom. The van der Waals surface area contributed by atoms with E-state index in [2.05, 4.69) is 5.92 Å². The molecule has 0 aliphatic heterocycles. The fraction of sp³-hybridized carbons (Fsp3) is 0.333. The van der Waals surface area contributed by atoms with Crippen LogP contribution in [0.1, 0.15) is 36.7 Å². The van der Waals surface area contributed by atoms with Gasteiger partial charge in [-0.3, -0.25) is 0 Å². The van der Waals surface area contributed by atoms with Crippen LogP contribution in [0.2, 0.25) is 0 Å². The minimum absolute atomic E-state index is 0.494. The molecule has 0 bridgehead atoms. The molecular weight excluding hydrogens is 212 g/mol. The van der Waals surface area contributed by atoms with E-state index in [9.17, 15) is 5.11 Å². The van der Waals surface area contributed by atoms with Crippen LogP contribution in [0, 0.1) is 19.3 Å². The Morgan fingerprint density at radius 1 is 1.41 bits per heavy atom. The zero-order chi connectivity index (χ0) is 12.3. The number of fused-ring (bicyclic) bond motifs is 1. The third-order valence-electron chi connectivity index (χ3n) is 2.95. The Kier molecular flexibility index (Phi) is 3.51. The summed E-state index contributed by atoms with van der Waals surface area (Å²) in [7, 11) is 0. The maximum absolute atomic E-state index is 10.2. The lowest BCUT2D eigenvalue weighted by Gasteiger charge is -2.09. The van der Waals surface area contributed by atoms with Crippen molar-refractivity contribution in [1.29, 1.82) is 0 Å². The zero-order valence-electron chi connectivity index (χ0n) is 9.94. The number of aliphatic hydroxyl groups is 1. The van der Waals surface area contributed by atoms with Crippen LogP contribution in [0.4, 0.5) is 0 Å². The summed E-state index contributed by atoms with van der Waals surface area (Å²) >= 11 is 0. The van der Waals surface area contributed by atoms with Gasteiger partial charge < -0.3 is 9.52 Å². The highest BCUT2D eigenvalue weighted by molar-refractivity contribution is 5.82. The van der Waals surface area contributed by atoms with Gasteiger partial charge in [-0.15, -0.1) is 12.3 Å². The quantitative estimate of drug-likeness (QED) is 0.641. The second-order valence-electron chi connectivity index (χ2n) is 4.18. The van der Waals surface area contributed by atoms with E-state index in [1.807, 2.05) is 31.2 Å². The maximum atomic E-state index is 10.2. The third kappa shape index (κ3) is 2.35. The number of rotatable bonds is 4. The van der Waals surface area contributed by atoms with Crippen LogP contribution in [0.25, 0.3) is 11.0 Å². The van der Waals surface area contributed by atoms with Gasteiger partial charge in [0.05, 0.1) is 6.10 Å². The molecule has 1 N–H and O–H groups in total. The molecule has 0 aliphatic rings. The minimum atomic E-state index is -0.494. The van der Waals surface area contributed by atoms with Gasteiger partial charge in [-0.25, -0.2) is 0 Å². The van der Waals surface area contributed by atoms with E-state index in [4.69, 9.17) is 10.8 Å².